The average Bonchev–Trinajstić information content (AvgIpc) is 2.94. The fourth-order valence-corrected chi connectivity index (χ4v) is 2.55. The van der Waals surface area contributed by atoms with Crippen LogP contribution in [0.5, 0.6) is 0 Å². The molecule has 3 rings (SSSR count). The first-order valence-electron chi connectivity index (χ1n) is 6.16. The SMILES string of the molecule is Cc1ccc(-n2nnnc2-c2ccc(Br)c(N)c2)cc1Br. The van der Waals surface area contributed by atoms with Gasteiger partial charge in [0.1, 0.15) is 0 Å². The van der Waals surface area contributed by atoms with Gasteiger partial charge in [0, 0.05) is 20.2 Å². The highest BCUT2D eigenvalue weighted by molar-refractivity contribution is 9.10. The van der Waals surface area contributed by atoms with Crippen molar-refractivity contribution < 1.29 is 0 Å². The Morgan fingerprint density at radius 2 is 1.86 bits per heavy atom. The van der Waals surface area contributed by atoms with E-state index < -0.39 is 0 Å². The quantitative estimate of drug-likeness (QED) is 0.655. The smallest absolute Gasteiger partial charge is 0.187 e. The van der Waals surface area contributed by atoms with Crippen molar-refractivity contribution in [1.29, 1.82) is 0 Å². The number of aromatic nitrogens is 4. The summed E-state index contributed by atoms with van der Waals surface area (Å²) >= 11 is 6.91. The zero-order chi connectivity index (χ0) is 15.0. The molecule has 0 fully saturated rings. The van der Waals surface area contributed by atoms with Crippen LogP contribution in [0.2, 0.25) is 0 Å². The molecule has 5 nitrogen and oxygen atoms in total. The first-order chi connectivity index (χ1) is 10.1. The predicted octanol–water partition coefficient (Wildman–Crippen LogP) is 3.74. The number of nitrogens with zero attached hydrogens (tertiary/aromatic N) is 4. The Kier molecular flexibility index (Phi) is 3.77. The number of aryl methyl sites for hydroxylation is 1. The summed E-state index contributed by atoms with van der Waals surface area (Å²) in [6.45, 7) is 2.03. The Labute approximate surface area is 138 Å². The van der Waals surface area contributed by atoms with Crippen molar-refractivity contribution >= 4 is 37.5 Å². The lowest BCUT2D eigenvalue weighted by Crippen LogP contribution is -2.00. The molecule has 0 aliphatic rings. The van der Waals surface area contributed by atoms with Crippen molar-refractivity contribution in [3.63, 3.8) is 0 Å². The molecule has 0 bridgehead atoms. The standard InChI is InChI=1S/C14H11Br2N5/c1-8-2-4-10(7-12(8)16)21-14(18-19-20-21)9-3-5-11(15)13(17)6-9/h2-7H,17H2,1H3. The third-order valence-electron chi connectivity index (χ3n) is 3.12. The maximum Gasteiger partial charge on any atom is 0.187 e. The topological polar surface area (TPSA) is 69.6 Å². The van der Waals surface area contributed by atoms with Crippen molar-refractivity contribution in [2.24, 2.45) is 0 Å². The van der Waals surface area contributed by atoms with E-state index in [9.17, 15) is 0 Å². The van der Waals surface area contributed by atoms with Gasteiger partial charge in [0.25, 0.3) is 0 Å². The first-order valence-corrected chi connectivity index (χ1v) is 7.75. The predicted molar refractivity (Wildman–Crippen MR) is 89.1 cm³/mol. The average molecular weight is 409 g/mol. The normalized spacial score (nSPS) is 10.8. The van der Waals surface area contributed by atoms with E-state index in [1.807, 2.05) is 43.3 Å². The van der Waals surface area contributed by atoms with Gasteiger partial charge in [-0.2, -0.15) is 4.68 Å². The van der Waals surface area contributed by atoms with E-state index in [1.165, 1.54) is 0 Å². The van der Waals surface area contributed by atoms with Gasteiger partial charge in [0.05, 0.1) is 5.69 Å². The van der Waals surface area contributed by atoms with E-state index >= 15 is 0 Å². The lowest BCUT2D eigenvalue weighted by molar-refractivity contribution is 0.790. The maximum atomic E-state index is 5.93. The lowest BCUT2D eigenvalue weighted by Gasteiger charge is -2.07. The Hall–Kier alpha value is -1.73. The highest BCUT2D eigenvalue weighted by Gasteiger charge is 2.12. The van der Waals surface area contributed by atoms with Crippen molar-refractivity contribution in [1.82, 2.24) is 20.2 Å². The number of anilines is 1. The molecular formula is C14H11Br2N5. The molecule has 1 aromatic heterocycles. The number of hydrogen-bond donors (Lipinski definition) is 1. The molecule has 0 unspecified atom stereocenters. The zero-order valence-electron chi connectivity index (χ0n) is 11.1. The summed E-state index contributed by atoms with van der Waals surface area (Å²) in [7, 11) is 0. The molecular weight excluding hydrogens is 398 g/mol. The van der Waals surface area contributed by atoms with Crippen molar-refractivity contribution in [2.75, 3.05) is 5.73 Å². The summed E-state index contributed by atoms with van der Waals surface area (Å²) in [5.41, 5.74) is 9.47. The van der Waals surface area contributed by atoms with Gasteiger partial charge in [-0.1, -0.05) is 22.0 Å². The van der Waals surface area contributed by atoms with E-state index in [-0.39, 0.29) is 0 Å². The molecule has 21 heavy (non-hydrogen) atoms. The zero-order valence-corrected chi connectivity index (χ0v) is 14.3. The number of nitrogens with two attached hydrogens (primary N) is 1. The van der Waals surface area contributed by atoms with Gasteiger partial charge >= 0.3 is 0 Å². The summed E-state index contributed by atoms with van der Waals surface area (Å²) in [6.07, 6.45) is 0. The maximum absolute atomic E-state index is 5.93. The molecule has 106 valence electrons. The minimum Gasteiger partial charge on any atom is -0.398 e. The second-order valence-corrected chi connectivity index (χ2v) is 6.29. The summed E-state index contributed by atoms with van der Waals surface area (Å²) in [5, 5.41) is 11.9. The number of hydrogen-bond acceptors (Lipinski definition) is 4. The van der Waals surface area contributed by atoms with Crippen LogP contribution in [-0.2, 0) is 0 Å². The molecule has 2 aromatic carbocycles. The molecule has 0 aliphatic carbocycles. The van der Waals surface area contributed by atoms with Crippen LogP contribution in [0, 0.1) is 6.92 Å². The molecule has 0 saturated heterocycles. The molecule has 0 radical (unpaired) electrons. The van der Waals surface area contributed by atoms with Crippen LogP contribution in [-0.4, -0.2) is 20.2 Å². The summed E-state index contributed by atoms with van der Waals surface area (Å²) in [5.74, 6) is 0.643. The van der Waals surface area contributed by atoms with Crippen LogP contribution in [0.4, 0.5) is 5.69 Å². The van der Waals surface area contributed by atoms with Gasteiger partial charge in [-0.15, -0.1) is 5.10 Å². The molecule has 0 spiro atoms. The van der Waals surface area contributed by atoms with E-state index in [1.54, 1.807) is 4.68 Å². The van der Waals surface area contributed by atoms with Crippen molar-refractivity contribution in [3.8, 4) is 17.1 Å². The lowest BCUT2D eigenvalue weighted by atomic mass is 10.2. The molecule has 0 amide bonds. The van der Waals surface area contributed by atoms with E-state index in [2.05, 4.69) is 47.4 Å². The van der Waals surface area contributed by atoms with Crippen LogP contribution < -0.4 is 5.73 Å². The minimum atomic E-state index is 0.643. The Bertz CT molecular complexity index is 747. The molecule has 0 atom stereocenters. The third kappa shape index (κ3) is 2.71. The first kappa shape index (κ1) is 14.2. The molecule has 0 aliphatic heterocycles. The number of rotatable bonds is 2. The number of tetrazole rings is 1. The van der Waals surface area contributed by atoms with E-state index in [4.69, 9.17) is 5.73 Å². The third-order valence-corrected chi connectivity index (χ3v) is 4.70. The summed E-state index contributed by atoms with van der Waals surface area (Å²) < 4.78 is 3.55. The Morgan fingerprint density at radius 3 is 2.57 bits per heavy atom. The molecule has 3 aromatic rings. The Balaban J connectivity index is 2.12. The fraction of sp³-hybridized carbons (Fsp3) is 0.0714. The van der Waals surface area contributed by atoms with Gasteiger partial charge in [0.2, 0.25) is 0 Å². The number of benzene rings is 2. The Morgan fingerprint density at radius 1 is 1.05 bits per heavy atom. The molecule has 7 heteroatoms. The molecule has 0 saturated carbocycles. The number of halogens is 2. The van der Waals surface area contributed by atoms with E-state index in [0.717, 1.165) is 25.8 Å². The largest absolute Gasteiger partial charge is 0.398 e. The van der Waals surface area contributed by atoms with Crippen LogP contribution in [0.3, 0.4) is 0 Å². The monoisotopic (exact) mass is 407 g/mol. The van der Waals surface area contributed by atoms with Crippen LogP contribution in [0.25, 0.3) is 17.1 Å². The van der Waals surface area contributed by atoms with Crippen molar-refractivity contribution in [3.05, 3.63) is 50.9 Å². The molecule has 2 N–H and O–H groups in total. The fourth-order valence-electron chi connectivity index (χ4n) is 1.94. The van der Waals surface area contributed by atoms with Crippen LogP contribution >= 0.6 is 31.9 Å². The van der Waals surface area contributed by atoms with Crippen LogP contribution in [0.15, 0.2) is 45.3 Å². The highest BCUT2D eigenvalue weighted by Crippen LogP contribution is 2.27. The van der Waals surface area contributed by atoms with E-state index in [0.29, 0.717) is 11.5 Å². The number of nitrogen functional groups attached to an aromatic ring is 1. The summed E-state index contributed by atoms with van der Waals surface area (Å²) in [4.78, 5) is 0. The van der Waals surface area contributed by atoms with Gasteiger partial charge in [-0.25, -0.2) is 0 Å². The molecule has 1 heterocycles. The second kappa shape index (κ2) is 5.57. The van der Waals surface area contributed by atoms with Crippen molar-refractivity contribution in [2.45, 2.75) is 6.92 Å². The second-order valence-electron chi connectivity index (χ2n) is 4.58. The minimum absolute atomic E-state index is 0.643. The van der Waals surface area contributed by atoms with Gasteiger partial charge in [0.15, 0.2) is 5.82 Å². The summed E-state index contributed by atoms with van der Waals surface area (Å²) in [6, 6.07) is 11.6. The van der Waals surface area contributed by atoms with Crippen LogP contribution in [0.1, 0.15) is 5.56 Å². The van der Waals surface area contributed by atoms with Gasteiger partial charge in [-0.05, 0) is 69.2 Å². The highest BCUT2D eigenvalue weighted by atomic mass is 79.9. The van der Waals surface area contributed by atoms with Gasteiger partial charge in [-0.3, -0.25) is 0 Å². The van der Waals surface area contributed by atoms with Gasteiger partial charge < -0.3 is 5.73 Å².